The van der Waals surface area contributed by atoms with Gasteiger partial charge in [0.15, 0.2) is 0 Å². The van der Waals surface area contributed by atoms with Crippen molar-refractivity contribution in [3.05, 3.63) is 0 Å². The Kier molecular flexibility index (Phi) is 3.92. The molecule has 0 radical (unpaired) electrons. The molecule has 2 atom stereocenters. The normalized spacial score (nSPS) is 40.6. The summed E-state index contributed by atoms with van der Waals surface area (Å²) in [6, 6.07) is 0. The highest BCUT2D eigenvalue weighted by Gasteiger charge is 2.37. The molecule has 2 heteroatoms. The van der Waals surface area contributed by atoms with E-state index in [1.165, 1.54) is 58.4 Å². The summed E-state index contributed by atoms with van der Waals surface area (Å²) in [6.45, 7) is 14.0. The molecule has 2 nitrogen and oxygen atoms in total. The third-order valence-corrected chi connectivity index (χ3v) is 6.05. The summed E-state index contributed by atoms with van der Waals surface area (Å²) in [5.41, 5.74) is 0.529. The average Bonchev–Trinajstić information content (AvgIpc) is 2.89. The molecule has 1 aliphatic carbocycles. The second kappa shape index (κ2) is 5.37. The minimum atomic E-state index is 0.529. The molecular weight excluding hydrogens is 232 g/mol. The van der Waals surface area contributed by atoms with Crippen LogP contribution in [0.5, 0.6) is 0 Å². The van der Waals surface area contributed by atoms with Gasteiger partial charge in [0.05, 0.1) is 0 Å². The molecule has 3 aliphatic rings. The molecule has 3 fully saturated rings. The molecular formula is C17H32N2. The fourth-order valence-corrected chi connectivity index (χ4v) is 4.68. The van der Waals surface area contributed by atoms with Crippen LogP contribution in [0, 0.1) is 29.1 Å². The molecule has 0 aromatic heterocycles. The molecule has 0 aromatic rings. The zero-order valence-electron chi connectivity index (χ0n) is 13.1. The molecule has 1 N–H and O–H groups in total. The third-order valence-electron chi connectivity index (χ3n) is 6.05. The van der Waals surface area contributed by atoms with Gasteiger partial charge in [0, 0.05) is 19.6 Å². The lowest BCUT2D eigenvalue weighted by Gasteiger charge is -2.38. The smallest absolute Gasteiger partial charge is 0.00257 e. The topological polar surface area (TPSA) is 15.3 Å². The van der Waals surface area contributed by atoms with Crippen molar-refractivity contribution in [2.75, 3.05) is 32.7 Å². The Morgan fingerprint density at radius 2 is 1.53 bits per heavy atom. The Morgan fingerprint density at radius 3 is 2.05 bits per heavy atom. The van der Waals surface area contributed by atoms with E-state index in [-0.39, 0.29) is 0 Å². The fourth-order valence-electron chi connectivity index (χ4n) is 4.68. The molecule has 3 rings (SSSR count). The lowest BCUT2D eigenvalue weighted by Crippen LogP contribution is -2.34. The number of hydrogen-bond donors (Lipinski definition) is 1. The number of nitrogens with zero attached hydrogens (tertiary/aromatic N) is 1. The van der Waals surface area contributed by atoms with E-state index in [0.29, 0.717) is 5.41 Å². The van der Waals surface area contributed by atoms with Crippen LogP contribution in [0.3, 0.4) is 0 Å². The zero-order chi connectivity index (χ0) is 13.5. The second-order valence-electron chi connectivity index (χ2n) is 8.48. The Bertz CT molecular complexity index is 287. The average molecular weight is 264 g/mol. The van der Waals surface area contributed by atoms with Crippen molar-refractivity contribution in [1.29, 1.82) is 0 Å². The number of hydrogen-bond acceptors (Lipinski definition) is 2. The Hall–Kier alpha value is -0.0800. The van der Waals surface area contributed by atoms with Crippen LogP contribution >= 0.6 is 0 Å². The van der Waals surface area contributed by atoms with Crippen molar-refractivity contribution in [3.63, 3.8) is 0 Å². The van der Waals surface area contributed by atoms with Gasteiger partial charge in [-0.15, -0.1) is 0 Å². The highest BCUT2D eigenvalue weighted by atomic mass is 15.2. The van der Waals surface area contributed by atoms with Crippen LogP contribution in [-0.2, 0) is 0 Å². The Balaban J connectivity index is 1.43. The van der Waals surface area contributed by atoms with Gasteiger partial charge in [-0.2, -0.15) is 0 Å². The van der Waals surface area contributed by atoms with E-state index >= 15 is 0 Å². The van der Waals surface area contributed by atoms with E-state index < -0.39 is 0 Å². The molecule has 19 heavy (non-hydrogen) atoms. The number of fused-ring (bicyclic) bond motifs is 1. The molecule has 110 valence electrons. The van der Waals surface area contributed by atoms with E-state index in [2.05, 4.69) is 31.0 Å². The minimum absolute atomic E-state index is 0.529. The van der Waals surface area contributed by atoms with Gasteiger partial charge in [-0.05, 0) is 67.9 Å². The minimum Gasteiger partial charge on any atom is -0.316 e. The lowest BCUT2D eigenvalue weighted by molar-refractivity contribution is 0.129. The predicted octanol–water partition coefficient (Wildman–Crippen LogP) is 2.99. The molecule has 2 saturated heterocycles. The van der Waals surface area contributed by atoms with Gasteiger partial charge < -0.3 is 10.2 Å². The quantitative estimate of drug-likeness (QED) is 0.825. The third kappa shape index (κ3) is 3.16. The first-order valence-corrected chi connectivity index (χ1v) is 8.45. The van der Waals surface area contributed by atoms with Crippen molar-refractivity contribution in [2.24, 2.45) is 29.1 Å². The van der Waals surface area contributed by atoms with Gasteiger partial charge in [-0.1, -0.05) is 20.8 Å². The van der Waals surface area contributed by atoms with E-state index in [9.17, 15) is 0 Å². The molecule has 1 saturated carbocycles. The van der Waals surface area contributed by atoms with E-state index in [1.807, 2.05) is 0 Å². The first kappa shape index (κ1) is 13.9. The Morgan fingerprint density at radius 1 is 0.947 bits per heavy atom. The molecule has 2 heterocycles. The zero-order valence-corrected chi connectivity index (χ0v) is 13.1. The van der Waals surface area contributed by atoms with Gasteiger partial charge in [0.25, 0.3) is 0 Å². The molecule has 0 bridgehead atoms. The van der Waals surface area contributed by atoms with Crippen molar-refractivity contribution in [1.82, 2.24) is 10.2 Å². The number of likely N-dealkylation sites (tertiary alicyclic amines) is 1. The van der Waals surface area contributed by atoms with Gasteiger partial charge in [0.1, 0.15) is 0 Å². The summed E-state index contributed by atoms with van der Waals surface area (Å²) in [5.74, 6) is 3.88. The van der Waals surface area contributed by atoms with Crippen LogP contribution in [0.25, 0.3) is 0 Å². The molecule has 0 spiro atoms. The van der Waals surface area contributed by atoms with Crippen molar-refractivity contribution >= 4 is 0 Å². The first-order chi connectivity index (χ1) is 9.02. The van der Waals surface area contributed by atoms with Crippen molar-refractivity contribution in [3.8, 4) is 0 Å². The van der Waals surface area contributed by atoms with E-state index in [1.54, 1.807) is 0 Å². The van der Waals surface area contributed by atoms with Crippen LogP contribution in [0.4, 0.5) is 0 Å². The van der Waals surface area contributed by atoms with Crippen molar-refractivity contribution < 1.29 is 0 Å². The molecule has 0 amide bonds. The number of nitrogens with one attached hydrogen (secondary N) is 1. The van der Waals surface area contributed by atoms with Crippen LogP contribution in [0.1, 0.15) is 46.5 Å². The highest BCUT2D eigenvalue weighted by Crippen LogP contribution is 2.40. The van der Waals surface area contributed by atoms with Gasteiger partial charge in [0.2, 0.25) is 0 Å². The largest absolute Gasteiger partial charge is 0.316 e. The maximum atomic E-state index is 3.54. The number of rotatable bonds is 2. The Labute approximate surface area is 119 Å². The highest BCUT2D eigenvalue weighted by molar-refractivity contribution is 4.92. The van der Waals surface area contributed by atoms with Crippen LogP contribution in [0.15, 0.2) is 0 Å². The molecule has 0 unspecified atom stereocenters. The van der Waals surface area contributed by atoms with E-state index in [4.69, 9.17) is 0 Å². The van der Waals surface area contributed by atoms with Crippen LogP contribution in [-0.4, -0.2) is 37.6 Å². The molecule has 2 aliphatic heterocycles. The van der Waals surface area contributed by atoms with Crippen molar-refractivity contribution in [2.45, 2.75) is 46.5 Å². The summed E-state index contributed by atoms with van der Waals surface area (Å²) < 4.78 is 0. The standard InChI is InChI=1S/C17H32N2/c1-17(2,3)16-6-4-13(5-7-16)10-19-11-14-8-18-9-15(14)12-19/h13-16,18H,4-12H2,1-3H3/t13?,14-,15+,16?. The maximum absolute atomic E-state index is 3.54. The van der Waals surface area contributed by atoms with Crippen LogP contribution < -0.4 is 5.32 Å². The monoisotopic (exact) mass is 264 g/mol. The van der Waals surface area contributed by atoms with Gasteiger partial charge in [-0.25, -0.2) is 0 Å². The molecule has 0 aromatic carbocycles. The summed E-state index contributed by atoms with van der Waals surface area (Å²) in [5, 5.41) is 3.54. The maximum Gasteiger partial charge on any atom is 0.00257 e. The predicted molar refractivity (Wildman–Crippen MR) is 81.2 cm³/mol. The van der Waals surface area contributed by atoms with Gasteiger partial charge in [-0.3, -0.25) is 0 Å². The fraction of sp³-hybridized carbons (Fsp3) is 1.00. The summed E-state index contributed by atoms with van der Waals surface area (Å²) >= 11 is 0. The van der Waals surface area contributed by atoms with E-state index in [0.717, 1.165) is 23.7 Å². The van der Waals surface area contributed by atoms with Crippen LogP contribution in [0.2, 0.25) is 0 Å². The lowest BCUT2D eigenvalue weighted by atomic mass is 9.70. The summed E-state index contributed by atoms with van der Waals surface area (Å²) in [6.07, 6.45) is 5.89. The van der Waals surface area contributed by atoms with Gasteiger partial charge >= 0.3 is 0 Å². The second-order valence-corrected chi connectivity index (χ2v) is 8.48. The summed E-state index contributed by atoms with van der Waals surface area (Å²) in [7, 11) is 0. The first-order valence-electron chi connectivity index (χ1n) is 8.45. The summed E-state index contributed by atoms with van der Waals surface area (Å²) in [4.78, 5) is 2.78. The SMILES string of the molecule is CC(C)(C)C1CCC(CN2C[C@H]3CNC[C@H]3C2)CC1.